The highest BCUT2D eigenvalue weighted by atomic mass is 79.9. The molecule has 0 aliphatic carbocycles. The van der Waals surface area contributed by atoms with Gasteiger partial charge in [0.1, 0.15) is 0 Å². The summed E-state index contributed by atoms with van der Waals surface area (Å²) in [5.74, 6) is 0.452. The topological polar surface area (TPSA) is 54.7 Å². The molecule has 0 aliphatic heterocycles. The Hall–Kier alpha value is -1.30. The van der Waals surface area contributed by atoms with E-state index in [0.717, 1.165) is 31.3 Å². The molecule has 1 aromatic heterocycles. The molecule has 0 radical (unpaired) electrons. The molecule has 2 aromatic carbocycles. The van der Waals surface area contributed by atoms with Crippen molar-refractivity contribution in [3.05, 3.63) is 56.4 Å². The molecule has 0 unspecified atom stereocenters. The first kappa shape index (κ1) is 14.6. The van der Waals surface area contributed by atoms with Gasteiger partial charge in [0.25, 0.3) is 0 Å². The van der Waals surface area contributed by atoms with Crippen LogP contribution in [0.2, 0.25) is 5.02 Å². The number of rotatable bonds is 2. The Kier molecular flexibility index (Phi) is 4.06. The Balaban J connectivity index is 2.24. The van der Waals surface area contributed by atoms with Gasteiger partial charge in [-0.2, -0.15) is 5.10 Å². The van der Waals surface area contributed by atoms with Crippen LogP contribution in [0, 0.1) is 0 Å². The van der Waals surface area contributed by atoms with Crippen LogP contribution in [-0.4, -0.2) is 10.2 Å². The molecule has 106 valence electrons. The predicted molar refractivity (Wildman–Crippen MR) is 94.3 cm³/mol. The van der Waals surface area contributed by atoms with Gasteiger partial charge in [-0.3, -0.25) is 5.10 Å². The number of H-pyrrole nitrogens is 1. The van der Waals surface area contributed by atoms with Crippen molar-refractivity contribution in [1.29, 1.82) is 0 Å². The normalized spacial score (nSPS) is 10.8. The number of nitrogens with zero attached hydrogens (tertiary/aromatic N) is 1. The molecule has 0 aliphatic rings. The Bertz CT molecular complexity index is 794. The zero-order valence-corrected chi connectivity index (χ0v) is 14.6. The summed E-state index contributed by atoms with van der Waals surface area (Å²) in [5, 5.41) is 7.78. The van der Waals surface area contributed by atoms with E-state index in [1.54, 1.807) is 0 Å². The molecule has 0 saturated carbocycles. The number of benzene rings is 2. The summed E-state index contributed by atoms with van der Waals surface area (Å²) in [7, 11) is 0. The number of hydrogen-bond donors (Lipinski definition) is 2. The lowest BCUT2D eigenvalue weighted by Gasteiger charge is -2.08. The third-order valence-corrected chi connectivity index (χ3v) is 4.46. The number of nitrogens with two attached hydrogens (primary N) is 1. The summed E-state index contributed by atoms with van der Waals surface area (Å²) < 4.78 is 1.86. The van der Waals surface area contributed by atoms with Crippen molar-refractivity contribution in [2.45, 2.75) is 0 Å². The van der Waals surface area contributed by atoms with Crippen LogP contribution in [0.1, 0.15) is 0 Å². The minimum atomic E-state index is 0.452. The lowest BCUT2D eigenvalue weighted by atomic mass is 10.0. The summed E-state index contributed by atoms with van der Waals surface area (Å²) in [6, 6.07) is 13.6. The van der Waals surface area contributed by atoms with Crippen molar-refractivity contribution < 1.29 is 0 Å². The Morgan fingerprint density at radius 2 is 1.86 bits per heavy atom. The standard InChI is InChI=1S/C15H10Br2ClN3/c16-9-5-8(6-10(18)7-9)14-13(15(19)21-20-14)11-3-1-2-4-12(11)17/h1-7H,(H3,19,20,21). The van der Waals surface area contributed by atoms with Crippen molar-refractivity contribution in [1.82, 2.24) is 10.2 Å². The molecule has 3 aromatic rings. The maximum absolute atomic E-state index is 6.13. The number of anilines is 1. The smallest absolute Gasteiger partial charge is 0.153 e. The summed E-state index contributed by atoms with van der Waals surface area (Å²) >= 11 is 13.1. The third-order valence-electron chi connectivity index (χ3n) is 3.09. The second kappa shape index (κ2) is 5.83. The van der Waals surface area contributed by atoms with Gasteiger partial charge in [0.2, 0.25) is 0 Å². The number of nitrogen functional groups attached to an aromatic ring is 1. The number of nitrogens with one attached hydrogen (secondary N) is 1. The Labute approximate surface area is 143 Å². The molecule has 0 atom stereocenters. The van der Waals surface area contributed by atoms with E-state index in [4.69, 9.17) is 17.3 Å². The first-order valence-electron chi connectivity index (χ1n) is 6.11. The van der Waals surface area contributed by atoms with Crippen LogP contribution in [-0.2, 0) is 0 Å². The van der Waals surface area contributed by atoms with Gasteiger partial charge >= 0.3 is 0 Å². The molecule has 21 heavy (non-hydrogen) atoms. The number of aromatic amines is 1. The quantitative estimate of drug-likeness (QED) is 0.567. The second-order valence-corrected chi connectivity index (χ2v) is 6.70. The zero-order valence-electron chi connectivity index (χ0n) is 10.7. The van der Waals surface area contributed by atoms with Crippen molar-refractivity contribution in [3.8, 4) is 22.4 Å². The fourth-order valence-electron chi connectivity index (χ4n) is 2.20. The van der Waals surface area contributed by atoms with E-state index >= 15 is 0 Å². The maximum Gasteiger partial charge on any atom is 0.153 e. The fraction of sp³-hybridized carbons (Fsp3) is 0. The van der Waals surface area contributed by atoms with Crippen LogP contribution in [0.5, 0.6) is 0 Å². The maximum atomic E-state index is 6.13. The van der Waals surface area contributed by atoms with Gasteiger partial charge in [-0.05, 0) is 24.3 Å². The molecular formula is C15H10Br2ClN3. The third kappa shape index (κ3) is 2.86. The molecule has 0 saturated heterocycles. The number of hydrogen-bond acceptors (Lipinski definition) is 2. The molecule has 0 amide bonds. The van der Waals surface area contributed by atoms with Crippen LogP contribution >= 0.6 is 43.5 Å². The molecule has 0 fully saturated rings. The van der Waals surface area contributed by atoms with Gasteiger partial charge in [-0.1, -0.05) is 61.7 Å². The van der Waals surface area contributed by atoms with E-state index in [1.807, 2.05) is 42.5 Å². The average molecular weight is 428 g/mol. The molecule has 0 bridgehead atoms. The van der Waals surface area contributed by atoms with E-state index in [9.17, 15) is 0 Å². The highest BCUT2D eigenvalue weighted by Gasteiger charge is 2.17. The lowest BCUT2D eigenvalue weighted by molar-refractivity contribution is 1.10. The SMILES string of the molecule is Nc1n[nH]c(-c2cc(Cl)cc(Br)c2)c1-c1ccccc1Br. The first-order chi connectivity index (χ1) is 10.1. The highest BCUT2D eigenvalue weighted by Crippen LogP contribution is 2.39. The van der Waals surface area contributed by atoms with E-state index < -0.39 is 0 Å². The van der Waals surface area contributed by atoms with E-state index in [0.29, 0.717) is 10.8 Å². The fourth-order valence-corrected chi connectivity index (χ4v) is 3.54. The molecule has 0 spiro atoms. The molecule has 6 heteroatoms. The summed E-state index contributed by atoms with van der Waals surface area (Å²) in [5.41, 5.74) is 9.64. The summed E-state index contributed by atoms with van der Waals surface area (Å²) in [4.78, 5) is 0. The van der Waals surface area contributed by atoms with Crippen LogP contribution in [0.4, 0.5) is 5.82 Å². The van der Waals surface area contributed by atoms with Gasteiger partial charge in [0.15, 0.2) is 5.82 Å². The second-order valence-electron chi connectivity index (χ2n) is 4.50. The largest absolute Gasteiger partial charge is 0.382 e. The van der Waals surface area contributed by atoms with E-state index in [1.165, 1.54) is 0 Å². The molecule has 3 N–H and O–H groups in total. The molecule has 1 heterocycles. The van der Waals surface area contributed by atoms with Gasteiger partial charge in [0, 0.05) is 25.1 Å². The van der Waals surface area contributed by atoms with Crippen molar-refractivity contribution in [2.75, 3.05) is 5.73 Å². The van der Waals surface area contributed by atoms with Crippen LogP contribution in [0.25, 0.3) is 22.4 Å². The number of aromatic nitrogens is 2. The number of halogens is 3. The van der Waals surface area contributed by atoms with Crippen LogP contribution < -0.4 is 5.73 Å². The Morgan fingerprint density at radius 3 is 2.57 bits per heavy atom. The Morgan fingerprint density at radius 1 is 1.10 bits per heavy atom. The van der Waals surface area contributed by atoms with Gasteiger partial charge in [-0.15, -0.1) is 0 Å². The van der Waals surface area contributed by atoms with Gasteiger partial charge in [-0.25, -0.2) is 0 Å². The summed E-state index contributed by atoms with van der Waals surface area (Å²) in [6.07, 6.45) is 0. The molecular weight excluding hydrogens is 417 g/mol. The molecule has 3 rings (SSSR count). The minimum Gasteiger partial charge on any atom is -0.382 e. The van der Waals surface area contributed by atoms with E-state index in [2.05, 4.69) is 42.1 Å². The predicted octanol–water partition coefficient (Wildman–Crippen LogP) is 5.50. The molecule has 3 nitrogen and oxygen atoms in total. The van der Waals surface area contributed by atoms with Crippen molar-refractivity contribution >= 4 is 49.3 Å². The van der Waals surface area contributed by atoms with Crippen molar-refractivity contribution in [3.63, 3.8) is 0 Å². The monoisotopic (exact) mass is 425 g/mol. The van der Waals surface area contributed by atoms with Gasteiger partial charge < -0.3 is 5.73 Å². The summed E-state index contributed by atoms with van der Waals surface area (Å²) in [6.45, 7) is 0. The zero-order chi connectivity index (χ0) is 15.0. The van der Waals surface area contributed by atoms with Crippen LogP contribution in [0.15, 0.2) is 51.4 Å². The minimum absolute atomic E-state index is 0.452. The first-order valence-corrected chi connectivity index (χ1v) is 8.08. The van der Waals surface area contributed by atoms with Crippen LogP contribution in [0.3, 0.4) is 0 Å². The van der Waals surface area contributed by atoms with Gasteiger partial charge in [0.05, 0.1) is 11.3 Å². The lowest BCUT2D eigenvalue weighted by Crippen LogP contribution is -1.89. The van der Waals surface area contributed by atoms with Crippen molar-refractivity contribution in [2.24, 2.45) is 0 Å². The van der Waals surface area contributed by atoms with E-state index in [-0.39, 0.29) is 0 Å². The highest BCUT2D eigenvalue weighted by molar-refractivity contribution is 9.10. The average Bonchev–Trinajstić information content (AvgIpc) is 2.80.